The van der Waals surface area contributed by atoms with Crippen LogP contribution in [0.2, 0.25) is 0 Å². The van der Waals surface area contributed by atoms with E-state index in [1.165, 1.54) is 0 Å². The van der Waals surface area contributed by atoms with E-state index in [0.717, 1.165) is 0 Å². The highest BCUT2D eigenvalue weighted by Gasteiger charge is 2.11. The molecule has 0 fully saturated rings. The van der Waals surface area contributed by atoms with Gasteiger partial charge in [-0.15, -0.1) is 0 Å². The lowest BCUT2D eigenvalue weighted by Gasteiger charge is -2.15. The second kappa shape index (κ2) is 11.2. The van der Waals surface area contributed by atoms with Gasteiger partial charge in [-0.1, -0.05) is 36.4 Å². The van der Waals surface area contributed by atoms with Crippen LogP contribution in [0.1, 0.15) is 11.5 Å². The molecule has 7 heteroatoms. The van der Waals surface area contributed by atoms with Gasteiger partial charge in [0.15, 0.2) is 34.5 Å². The maximum atomic E-state index is 5.96. The summed E-state index contributed by atoms with van der Waals surface area (Å²) in [7, 11) is 0. The standard InChI is InChI=1S/C28H26O7/c1-2-8-24-23(7-1)29-15-17-31-25-9-3-5-11-27(25)33-19-21-13-14-22(35-21)20-34-28-12-6-4-10-26(28)32-18-16-30-24/h1-14H,15-20H2. The SMILES string of the molecule is c1ccc2c(c1)OCCOc1ccccc1OCc1ccc(o1)COc1ccccc1OCCO2. The highest BCUT2D eigenvalue weighted by molar-refractivity contribution is 5.41. The summed E-state index contributed by atoms with van der Waals surface area (Å²) in [5.74, 6) is 5.18. The molecule has 0 spiro atoms. The molecule has 2 heterocycles. The minimum absolute atomic E-state index is 0.265. The van der Waals surface area contributed by atoms with Crippen LogP contribution in [0.5, 0.6) is 34.5 Å². The van der Waals surface area contributed by atoms with Gasteiger partial charge in [0.1, 0.15) is 51.2 Å². The first-order valence-electron chi connectivity index (χ1n) is 11.5. The average molecular weight is 475 g/mol. The topological polar surface area (TPSA) is 68.5 Å². The Balaban J connectivity index is 1.34. The number of hydrogen-bond acceptors (Lipinski definition) is 7. The van der Waals surface area contributed by atoms with Crippen molar-refractivity contribution >= 4 is 0 Å². The van der Waals surface area contributed by atoms with E-state index < -0.39 is 0 Å². The van der Waals surface area contributed by atoms with Crippen LogP contribution >= 0.6 is 0 Å². The number of rotatable bonds is 0. The molecule has 7 nitrogen and oxygen atoms in total. The highest BCUT2D eigenvalue weighted by atomic mass is 16.6. The van der Waals surface area contributed by atoms with Gasteiger partial charge in [0.25, 0.3) is 0 Å². The van der Waals surface area contributed by atoms with Crippen LogP contribution in [0.4, 0.5) is 0 Å². The Labute approximate surface area is 203 Å². The zero-order chi connectivity index (χ0) is 23.7. The summed E-state index contributed by atoms with van der Waals surface area (Å²) in [6.45, 7) is 1.91. The zero-order valence-electron chi connectivity index (χ0n) is 19.2. The second-order valence-corrected chi connectivity index (χ2v) is 7.68. The highest BCUT2D eigenvalue weighted by Crippen LogP contribution is 2.30. The van der Waals surface area contributed by atoms with Crippen molar-refractivity contribution in [2.45, 2.75) is 13.2 Å². The van der Waals surface area contributed by atoms with Crippen molar-refractivity contribution in [3.63, 3.8) is 0 Å². The molecule has 1 aliphatic rings. The van der Waals surface area contributed by atoms with Crippen LogP contribution in [-0.2, 0) is 13.2 Å². The maximum absolute atomic E-state index is 5.96. The van der Waals surface area contributed by atoms with Gasteiger partial charge in [-0.2, -0.15) is 0 Å². The molecule has 2 bridgehead atoms. The first kappa shape index (κ1) is 22.5. The minimum atomic E-state index is 0.265. The summed E-state index contributed by atoms with van der Waals surface area (Å²) in [4.78, 5) is 0. The Bertz CT molecular complexity index is 1140. The minimum Gasteiger partial charge on any atom is -0.486 e. The molecule has 0 unspecified atom stereocenters. The normalized spacial score (nSPS) is 14.4. The number of benzene rings is 3. The predicted molar refractivity (Wildman–Crippen MR) is 129 cm³/mol. The van der Waals surface area contributed by atoms with Gasteiger partial charge in [0.05, 0.1) is 0 Å². The Hall–Kier alpha value is -4.26. The van der Waals surface area contributed by atoms with E-state index in [4.69, 9.17) is 32.8 Å². The first-order valence-corrected chi connectivity index (χ1v) is 11.5. The van der Waals surface area contributed by atoms with Crippen molar-refractivity contribution in [3.8, 4) is 34.5 Å². The molecular weight excluding hydrogens is 448 g/mol. The van der Waals surface area contributed by atoms with E-state index in [9.17, 15) is 0 Å². The fourth-order valence-corrected chi connectivity index (χ4v) is 3.55. The van der Waals surface area contributed by atoms with Gasteiger partial charge in [-0.25, -0.2) is 0 Å². The molecule has 4 aromatic rings. The molecule has 5 rings (SSSR count). The molecule has 0 saturated heterocycles. The Morgan fingerprint density at radius 3 is 0.943 bits per heavy atom. The zero-order valence-corrected chi connectivity index (χ0v) is 19.2. The third-order valence-electron chi connectivity index (χ3n) is 5.20. The lowest BCUT2D eigenvalue weighted by atomic mass is 10.3. The van der Waals surface area contributed by atoms with Gasteiger partial charge in [0.2, 0.25) is 0 Å². The molecule has 0 saturated carbocycles. The lowest BCUT2D eigenvalue weighted by Crippen LogP contribution is -2.12. The van der Waals surface area contributed by atoms with Crippen LogP contribution in [0.15, 0.2) is 89.3 Å². The molecule has 0 N–H and O–H groups in total. The quantitative estimate of drug-likeness (QED) is 0.325. The largest absolute Gasteiger partial charge is 0.486 e. The summed E-state index contributed by atoms with van der Waals surface area (Å²) in [5, 5.41) is 0. The number of hydrogen-bond donors (Lipinski definition) is 0. The number of fused-ring (bicyclic) bond motifs is 5. The fraction of sp³-hybridized carbons (Fsp3) is 0.214. The molecule has 35 heavy (non-hydrogen) atoms. The van der Waals surface area contributed by atoms with Crippen LogP contribution in [0.25, 0.3) is 0 Å². The molecule has 0 amide bonds. The molecule has 0 radical (unpaired) electrons. The van der Waals surface area contributed by atoms with Gasteiger partial charge < -0.3 is 32.8 Å². The Morgan fingerprint density at radius 1 is 0.343 bits per heavy atom. The number of furan rings is 1. The fourth-order valence-electron chi connectivity index (χ4n) is 3.55. The summed E-state index contributed by atoms with van der Waals surface area (Å²) in [6, 6.07) is 26.3. The molecule has 0 aliphatic carbocycles. The van der Waals surface area contributed by atoms with E-state index in [-0.39, 0.29) is 13.2 Å². The van der Waals surface area contributed by atoms with Gasteiger partial charge in [-0.3, -0.25) is 0 Å². The molecule has 3 aromatic carbocycles. The summed E-state index contributed by atoms with van der Waals surface area (Å²) < 4.78 is 41.4. The molecule has 180 valence electrons. The maximum Gasteiger partial charge on any atom is 0.161 e. The Kier molecular flexibility index (Phi) is 7.24. The van der Waals surface area contributed by atoms with E-state index >= 15 is 0 Å². The van der Waals surface area contributed by atoms with Crippen molar-refractivity contribution in [1.29, 1.82) is 0 Å². The summed E-state index contributed by atoms with van der Waals surface area (Å²) in [6.07, 6.45) is 0. The molecule has 1 aliphatic heterocycles. The van der Waals surface area contributed by atoms with E-state index in [1.807, 2.05) is 84.9 Å². The monoisotopic (exact) mass is 474 g/mol. The van der Waals surface area contributed by atoms with Gasteiger partial charge >= 0.3 is 0 Å². The second-order valence-electron chi connectivity index (χ2n) is 7.68. The van der Waals surface area contributed by atoms with Crippen molar-refractivity contribution in [3.05, 3.63) is 96.4 Å². The van der Waals surface area contributed by atoms with Crippen molar-refractivity contribution in [1.82, 2.24) is 0 Å². The summed E-state index contributed by atoms with van der Waals surface area (Å²) >= 11 is 0. The van der Waals surface area contributed by atoms with Crippen molar-refractivity contribution in [2.24, 2.45) is 0 Å². The smallest absolute Gasteiger partial charge is 0.161 e. The van der Waals surface area contributed by atoms with Gasteiger partial charge in [-0.05, 0) is 48.5 Å². The predicted octanol–water partition coefficient (Wildman–Crippen LogP) is 5.67. The van der Waals surface area contributed by atoms with E-state index in [2.05, 4.69) is 0 Å². The number of ether oxygens (including phenoxy) is 6. The van der Waals surface area contributed by atoms with Crippen molar-refractivity contribution in [2.75, 3.05) is 26.4 Å². The number of para-hydroxylation sites is 6. The summed E-state index contributed by atoms with van der Waals surface area (Å²) in [5.41, 5.74) is 0. The molecular formula is C28H26O7. The molecule has 1 aromatic heterocycles. The van der Waals surface area contributed by atoms with E-state index in [0.29, 0.717) is 72.4 Å². The lowest BCUT2D eigenvalue weighted by molar-refractivity contribution is 0.185. The average Bonchev–Trinajstić information content (AvgIpc) is 3.36. The Morgan fingerprint density at radius 2 is 0.629 bits per heavy atom. The van der Waals surface area contributed by atoms with Crippen LogP contribution in [-0.4, -0.2) is 26.4 Å². The first-order chi connectivity index (χ1) is 17.3. The van der Waals surface area contributed by atoms with Gasteiger partial charge in [0, 0.05) is 0 Å². The molecule has 0 atom stereocenters. The van der Waals surface area contributed by atoms with Crippen LogP contribution in [0.3, 0.4) is 0 Å². The third-order valence-corrected chi connectivity index (χ3v) is 5.20. The van der Waals surface area contributed by atoms with Crippen LogP contribution in [0, 0.1) is 0 Å². The third kappa shape index (κ3) is 6.00. The van der Waals surface area contributed by atoms with E-state index in [1.54, 1.807) is 0 Å². The van der Waals surface area contributed by atoms with Crippen molar-refractivity contribution < 1.29 is 32.8 Å². The van der Waals surface area contributed by atoms with Crippen LogP contribution < -0.4 is 28.4 Å².